The maximum atomic E-state index is 2.76. The summed E-state index contributed by atoms with van der Waals surface area (Å²) in [7, 11) is 0. The van der Waals surface area contributed by atoms with Crippen molar-refractivity contribution in [3.8, 4) is 0 Å². The van der Waals surface area contributed by atoms with Gasteiger partial charge in [-0.15, -0.1) is 0 Å². The molecule has 2 bridgehead atoms. The van der Waals surface area contributed by atoms with Crippen LogP contribution in [-0.4, -0.2) is 46.6 Å². The number of aromatic nitrogens is 1. The van der Waals surface area contributed by atoms with E-state index in [4.69, 9.17) is 0 Å². The van der Waals surface area contributed by atoms with Gasteiger partial charge in [0.25, 0.3) is 0 Å². The third kappa shape index (κ3) is 3.12. The van der Waals surface area contributed by atoms with Crippen molar-refractivity contribution >= 4 is 10.9 Å². The molecule has 3 heteroatoms. The lowest BCUT2D eigenvalue weighted by Crippen LogP contribution is -2.44. The molecule has 5 rings (SSSR count). The SMILES string of the molecule is CCCN1C[C@H]2CC[C@@H]1CN(Cc1ccc3c(ccn3CC)c1)C2. The smallest absolute Gasteiger partial charge is 0.0480 e. The van der Waals surface area contributed by atoms with Crippen molar-refractivity contribution < 1.29 is 0 Å². The van der Waals surface area contributed by atoms with Crippen LogP contribution in [0.2, 0.25) is 0 Å². The van der Waals surface area contributed by atoms with E-state index in [1.807, 2.05) is 0 Å². The second kappa shape index (κ2) is 6.89. The zero-order chi connectivity index (χ0) is 16.5. The van der Waals surface area contributed by atoms with Crippen molar-refractivity contribution in [2.24, 2.45) is 5.92 Å². The monoisotopic (exact) mass is 325 g/mol. The fourth-order valence-electron chi connectivity index (χ4n) is 4.85. The third-order valence-electron chi connectivity index (χ3n) is 6.00. The highest BCUT2D eigenvalue weighted by atomic mass is 15.3. The molecular formula is C21H31N3. The molecule has 3 nitrogen and oxygen atoms in total. The summed E-state index contributed by atoms with van der Waals surface area (Å²) in [4.78, 5) is 5.48. The van der Waals surface area contributed by atoms with Gasteiger partial charge in [-0.1, -0.05) is 13.0 Å². The van der Waals surface area contributed by atoms with Crippen molar-refractivity contribution in [2.45, 2.75) is 52.2 Å². The first kappa shape index (κ1) is 16.2. The molecule has 130 valence electrons. The van der Waals surface area contributed by atoms with Crippen molar-refractivity contribution in [2.75, 3.05) is 26.2 Å². The summed E-state index contributed by atoms with van der Waals surface area (Å²) < 4.78 is 2.33. The van der Waals surface area contributed by atoms with Gasteiger partial charge >= 0.3 is 0 Å². The quantitative estimate of drug-likeness (QED) is 0.824. The van der Waals surface area contributed by atoms with E-state index in [-0.39, 0.29) is 0 Å². The average Bonchev–Trinajstić information content (AvgIpc) is 2.80. The first-order valence-corrected chi connectivity index (χ1v) is 9.81. The average molecular weight is 326 g/mol. The predicted octanol–water partition coefficient (Wildman–Crippen LogP) is 3.97. The molecule has 0 saturated carbocycles. The molecule has 2 atom stereocenters. The highest BCUT2D eigenvalue weighted by Crippen LogP contribution is 2.29. The number of fused-ring (bicyclic) bond motifs is 5. The van der Waals surface area contributed by atoms with E-state index in [1.165, 1.54) is 61.9 Å². The first-order valence-electron chi connectivity index (χ1n) is 9.81. The molecule has 3 fully saturated rings. The number of piperidine rings is 1. The van der Waals surface area contributed by atoms with E-state index in [0.29, 0.717) is 0 Å². The van der Waals surface area contributed by atoms with Gasteiger partial charge in [-0.2, -0.15) is 0 Å². The molecule has 4 heterocycles. The molecule has 2 aromatic rings. The van der Waals surface area contributed by atoms with Gasteiger partial charge in [0.1, 0.15) is 0 Å². The number of benzene rings is 1. The molecule has 0 N–H and O–H groups in total. The van der Waals surface area contributed by atoms with E-state index < -0.39 is 0 Å². The second-order valence-corrected chi connectivity index (χ2v) is 7.78. The van der Waals surface area contributed by atoms with Crippen LogP contribution in [0.5, 0.6) is 0 Å². The second-order valence-electron chi connectivity index (χ2n) is 7.78. The van der Waals surface area contributed by atoms with Gasteiger partial charge in [-0.3, -0.25) is 9.80 Å². The molecule has 0 radical (unpaired) electrons. The summed E-state index contributed by atoms with van der Waals surface area (Å²) in [5.41, 5.74) is 2.84. The third-order valence-corrected chi connectivity index (χ3v) is 6.00. The molecule has 3 saturated heterocycles. The Morgan fingerprint density at radius 1 is 1.04 bits per heavy atom. The van der Waals surface area contributed by atoms with E-state index in [9.17, 15) is 0 Å². The first-order chi connectivity index (χ1) is 11.8. The maximum Gasteiger partial charge on any atom is 0.0480 e. The lowest BCUT2D eigenvalue weighted by molar-refractivity contribution is 0.131. The van der Waals surface area contributed by atoms with E-state index in [2.05, 4.69) is 58.7 Å². The Morgan fingerprint density at radius 2 is 1.96 bits per heavy atom. The number of hydrogen-bond acceptors (Lipinski definition) is 2. The van der Waals surface area contributed by atoms with Gasteiger partial charge in [-0.25, -0.2) is 0 Å². The van der Waals surface area contributed by atoms with Gasteiger partial charge in [0.2, 0.25) is 0 Å². The van der Waals surface area contributed by atoms with Gasteiger partial charge < -0.3 is 4.57 Å². The topological polar surface area (TPSA) is 11.4 Å². The van der Waals surface area contributed by atoms with E-state index >= 15 is 0 Å². The standard InChI is InChI=1S/C21H31N3/c1-3-10-24-15-18-5-7-20(24)16-22(14-18)13-17-6-8-21-19(12-17)9-11-23(21)4-2/h6,8-9,11-12,18,20H,3-5,7,10,13-16H2,1-2H3/t18-,20+/m0/s1. The van der Waals surface area contributed by atoms with Gasteiger partial charge in [0, 0.05) is 50.5 Å². The van der Waals surface area contributed by atoms with Crippen LogP contribution in [0.3, 0.4) is 0 Å². The molecule has 0 unspecified atom stereocenters. The molecule has 0 amide bonds. The number of nitrogens with zero attached hydrogens (tertiary/aromatic N) is 3. The molecule has 24 heavy (non-hydrogen) atoms. The lowest BCUT2D eigenvalue weighted by Gasteiger charge is -2.35. The largest absolute Gasteiger partial charge is 0.348 e. The van der Waals surface area contributed by atoms with Crippen molar-refractivity contribution in [1.82, 2.24) is 14.4 Å². The molecular weight excluding hydrogens is 294 g/mol. The number of hydrogen-bond donors (Lipinski definition) is 0. The summed E-state index contributed by atoms with van der Waals surface area (Å²) in [6, 6.07) is 10.1. The lowest BCUT2D eigenvalue weighted by atomic mass is 9.95. The van der Waals surface area contributed by atoms with E-state index in [0.717, 1.165) is 25.0 Å². The summed E-state index contributed by atoms with van der Waals surface area (Å²) in [6.45, 7) is 11.8. The van der Waals surface area contributed by atoms with Crippen molar-refractivity contribution in [1.29, 1.82) is 0 Å². The summed E-state index contributed by atoms with van der Waals surface area (Å²) in [6.07, 6.45) is 6.33. The van der Waals surface area contributed by atoms with Crippen LogP contribution in [-0.2, 0) is 13.1 Å². The van der Waals surface area contributed by atoms with Crippen LogP contribution in [0.25, 0.3) is 10.9 Å². The fraction of sp³-hybridized carbons (Fsp3) is 0.619. The Hall–Kier alpha value is -1.32. The number of rotatable bonds is 5. The van der Waals surface area contributed by atoms with Crippen molar-refractivity contribution in [3.05, 3.63) is 36.0 Å². The Balaban J connectivity index is 1.49. The highest BCUT2D eigenvalue weighted by molar-refractivity contribution is 5.80. The summed E-state index contributed by atoms with van der Waals surface area (Å²) in [5, 5.41) is 1.39. The van der Waals surface area contributed by atoms with Crippen LogP contribution in [0, 0.1) is 5.92 Å². The fourth-order valence-corrected chi connectivity index (χ4v) is 4.85. The van der Waals surface area contributed by atoms with Crippen molar-refractivity contribution in [3.63, 3.8) is 0 Å². The Morgan fingerprint density at radius 3 is 2.79 bits per heavy atom. The van der Waals surface area contributed by atoms with Crippen LogP contribution >= 0.6 is 0 Å². The van der Waals surface area contributed by atoms with Crippen LogP contribution < -0.4 is 0 Å². The minimum Gasteiger partial charge on any atom is -0.348 e. The minimum absolute atomic E-state index is 0.786. The van der Waals surface area contributed by atoms with Gasteiger partial charge in [0.15, 0.2) is 0 Å². The molecule has 3 aliphatic heterocycles. The highest BCUT2D eigenvalue weighted by Gasteiger charge is 2.34. The molecule has 0 aliphatic carbocycles. The molecule has 3 aliphatic rings. The van der Waals surface area contributed by atoms with Gasteiger partial charge in [-0.05, 0) is 67.8 Å². The Bertz CT molecular complexity index is 689. The van der Waals surface area contributed by atoms with Crippen LogP contribution in [0.1, 0.15) is 38.7 Å². The Labute approximate surface area is 146 Å². The number of aryl methyl sites for hydroxylation is 1. The predicted molar refractivity (Wildman–Crippen MR) is 101 cm³/mol. The summed E-state index contributed by atoms with van der Waals surface area (Å²) in [5.74, 6) is 0.875. The summed E-state index contributed by atoms with van der Waals surface area (Å²) >= 11 is 0. The van der Waals surface area contributed by atoms with Gasteiger partial charge in [0.05, 0.1) is 0 Å². The maximum absolute atomic E-state index is 2.76. The molecule has 1 aromatic carbocycles. The van der Waals surface area contributed by atoms with E-state index in [1.54, 1.807) is 0 Å². The Kier molecular flexibility index (Phi) is 4.64. The zero-order valence-corrected chi connectivity index (χ0v) is 15.2. The van der Waals surface area contributed by atoms with Crippen LogP contribution in [0.4, 0.5) is 0 Å². The minimum atomic E-state index is 0.786. The molecule has 0 spiro atoms. The molecule has 1 aromatic heterocycles. The van der Waals surface area contributed by atoms with Crippen LogP contribution in [0.15, 0.2) is 30.5 Å². The zero-order valence-electron chi connectivity index (χ0n) is 15.2. The normalized spacial score (nSPS) is 25.4.